The second-order valence-electron chi connectivity index (χ2n) is 6.25. The van der Waals surface area contributed by atoms with Crippen LogP contribution in [0.4, 0.5) is 11.4 Å². The van der Waals surface area contributed by atoms with E-state index in [1.54, 1.807) is 16.2 Å². The van der Waals surface area contributed by atoms with E-state index in [0.717, 1.165) is 41.2 Å². The van der Waals surface area contributed by atoms with Gasteiger partial charge in [-0.15, -0.1) is 11.3 Å². The molecule has 26 heavy (non-hydrogen) atoms. The van der Waals surface area contributed by atoms with Gasteiger partial charge in [0.25, 0.3) is 0 Å². The van der Waals surface area contributed by atoms with Crippen LogP contribution in [-0.4, -0.2) is 36.3 Å². The van der Waals surface area contributed by atoms with E-state index in [2.05, 4.69) is 39.1 Å². The number of thiophene rings is 1. The van der Waals surface area contributed by atoms with Crippen LogP contribution >= 0.6 is 27.3 Å². The maximum atomic E-state index is 12.3. The van der Waals surface area contributed by atoms with Gasteiger partial charge in [0.2, 0.25) is 11.8 Å². The third-order valence-electron chi connectivity index (χ3n) is 4.36. The van der Waals surface area contributed by atoms with Gasteiger partial charge < -0.3 is 10.2 Å². The number of carbonyl (C=O) groups is 2. The van der Waals surface area contributed by atoms with Crippen molar-refractivity contribution in [3.05, 3.63) is 45.1 Å². The predicted molar refractivity (Wildman–Crippen MR) is 110 cm³/mol. The molecule has 0 bridgehead atoms. The van der Waals surface area contributed by atoms with Crippen molar-refractivity contribution < 1.29 is 9.59 Å². The Balaban J connectivity index is 1.54. The van der Waals surface area contributed by atoms with Crippen molar-refractivity contribution in [2.45, 2.75) is 26.3 Å². The number of halogens is 1. The van der Waals surface area contributed by atoms with Crippen LogP contribution in [0.5, 0.6) is 0 Å². The zero-order chi connectivity index (χ0) is 18.5. The first-order chi connectivity index (χ1) is 12.5. The zero-order valence-corrected chi connectivity index (χ0v) is 17.1. The zero-order valence-electron chi connectivity index (χ0n) is 14.7. The molecule has 138 valence electrons. The van der Waals surface area contributed by atoms with E-state index in [4.69, 9.17) is 0 Å². The lowest BCUT2D eigenvalue weighted by Gasteiger charge is -2.19. The third-order valence-corrected chi connectivity index (χ3v) is 5.97. The minimum absolute atomic E-state index is 0.0347. The second kappa shape index (κ2) is 8.79. The lowest BCUT2D eigenvalue weighted by molar-refractivity contribution is -0.118. The van der Waals surface area contributed by atoms with Gasteiger partial charge in [-0.05, 0) is 65.3 Å². The molecule has 1 aromatic heterocycles. The van der Waals surface area contributed by atoms with Gasteiger partial charge in [-0.1, -0.05) is 6.92 Å². The van der Waals surface area contributed by atoms with E-state index in [1.807, 2.05) is 30.3 Å². The van der Waals surface area contributed by atoms with Crippen LogP contribution in [0.2, 0.25) is 0 Å². The first kappa shape index (κ1) is 19.1. The summed E-state index contributed by atoms with van der Waals surface area (Å²) in [5, 5.41) is 2.94. The molecule has 2 heterocycles. The maximum absolute atomic E-state index is 12.3. The summed E-state index contributed by atoms with van der Waals surface area (Å²) in [5.74, 6) is 0.132. The lowest BCUT2D eigenvalue weighted by Crippen LogP contribution is -2.32. The molecule has 1 aliphatic heterocycles. The summed E-state index contributed by atoms with van der Waals surface area (Å²) in [6.45, 7) is 4.74. The first-order valence-electron chi connectivity index (χ1n) is 8.72. The average molecular weight is 436 g/mol. The Kier molecular flexibility index (Phi) is 6.45. The van der Waals surface area contributed by atoms with Crippen molar-refractivity contribution in [1.82, 2.24) is 4.90 Å². The third kappa shape index (κ3) is 4.93. The molecule has 0 unspecified atom stereocenters. The van der Waals surface area contributed by atoms with Crippen LogP contribution in [0.25, 0.3) is 0 Å². The molecule has 2 amide bonds. The molecule has 3 rings (SSSR count). The highest BCUT2D eigenvalue weighted by Gasteiger charge is 2.21. The predicted octanol–water partition coefficient (Wildman–Crippen LogP) is 4.10. The second-order valence-corrected chi connectivity index (χ2v) is 8.80. The van der Waals surface area contributed by atoms with Crippen molar-refractivity contribution in [3.8, 4) is 0 Å². The topological polar surface area (TPSA) is 52.7 Å². The number of carbonyl (C=O) groups excluding carboxylic acids is 2. The molecule has 1 aliphatic rings. The van der Waals surface area contributed by atoms with E-state index in [-0.39, 0.29) is 11.8 Å². The van der Waals surface area contributed by atoms with Crippen LogP contribution in [0, 0.1) is 0 Å². The van der Waals surface area contributed by atoms with Crippen LogP contribution in [0.15, 0.2) is 40.2 Å². The summed E-state index contributed by atoms with van der Waals surface area (Å²) in [6, 6.07) is 11.6. The van der Waals surface area contributed by atoms with E-state index in [0.29, 0.717) is 13.0 Å². The van der Waals surface area contributed by atoms with Crippen LogP contribution in [0.1, 0.15) is 24.6 Å². The summed E-state index contributed by atoms with van der Waals surface area (Å²) in [6.07, 6.45) is 1.52. The fraction of sp³-hybridized carbons (Fsp3) is 0.368. The van der Waals surface area contributed by atoms with E-state index >= 15 is 0 Å². The first-order valence-corrected chi connectivity index (χ1v) is 10.3. The van der Waals surface area contributed by atoms with Crippen molar-refractivity contribution in [1.29, 1.82) is 0 Å². The quantitative estimate of drug-likeness (QED) is 0.711. The van der Waals surface area contributed by atoms with Crippen LogP contribution < -0.4 is 10.2 Å². The molecule has 0 aliphatic carbocycles. The molecule has 1 fully saturated rings. The Morgan fingerprint density at radius 2 is 2.04 bits per heavy atom. The van der Waals surface area contributed by atoms with Crippen molar-refractivity contribution in [2.24, 2.45) is 0 Å². The summed E-state index contributed by atoms with van der Waals surface area (Å²) in [5.41, 5.74) is 1.64. The fourth-order valence-corrected chi connectivity index (χ4v) is 4.51. The van der Waals surface area contributed by atoms with Gasteiger partial charge in [-0.3, -0.25) is 14.5 Å². The molecule has 1 aromatic carbocycles. The van der Waals surface area contributed by atoms with Crippen LogP contribution in [0.3, 0.4) is 0 Å². The Morgan fingerprint density at radius 1 is 1.27 bits per heavy atom. The Morgan fingerprint density at radius 3 is 2.62 bits per heavy atom. The van der Waals surface area contributed by atoms with Gasteiger partial charge in [0.15, 0.2) is 0 Å². The van der Waals surface area contributed by atoms with Gasteiger partial charge in [-0.25, -0.2) is 0 Å². The molecule has 0 radical (unpaired) electrons. The highest BCUT2D eigenvalue weighted by molar-refractivity contribution is 9.11. The number of nitrogens with zero attached hydrogens (tertiary/aromatic N) is 2. The van der Waals surface area contributed by atoms with Crippen molar-refractivity contribution in [3.63, 3.8) is 0 Å². The number of hydrogen-bond donors (Lipinski definition) is 1. The van der Waals surface area contributed by atoms with Crippen LogP contribution in [-0.2, 0) is 16.1 Å². The Hall–Kier alpha value is -1.70. The molecule has 2 aromatic rings. The monoisotopic (exact) mass is 435 g/mol. The molecular weight excluding hydrogens is 414 g/mol. The number of amides is 2. The normalized spacial score (nSPS) is 14.3. The standard InChI is InChI=1S/C19H22BrN3O2S/c1-2-22(12-16-9-10-17(20)26-16)13-18(24)21-14-5-7-15(8-6-14)23-11-3-4-19(23)25/h5-10H,2-4,11-13H2,1H3,(H,21,24). The summed E-state index contributed by atoms with van der Waals surface area (Å²) < 4.78 is 1.10. The van der Waals surface area contributed by atoms with E-state index < -0.39 is 0 Å². The molecule has 0 atom stereocenters. The fourth-order valence-electron chi connectivity index (χ4n) is 2.99. The maximum Gasteiger partial charge on any atom is 0.238 e. The smallest absolute Gasteiger partial charge is 0.238 e. The molecule has 5 nitrogen and oxygen atoms in total. The molecule has 7 heteroatoms. The van der Waals surface area contributed by atoms with E-state index in [1.165, 1.54) is 4.88 Å². The summed E-state index contributed by atoms with van der Waals surface area (Å²) in [7, 11) is 0. The van der Waals surface area contributed by atoms with Crippen molar-refractivity contribution in [2.75, 3.05) is 29.9 Å². The molecular formula is C19H22BrN3O2S. The van der Waals surface area contributed by atoms with Gasteiger partial charge in [0, 0.05) is 35.8 Å². The Labute approximate surface area is 166 Å². The van der Waals surface area contributed by atoms with Crippen molar-refractivity contribution >= 4 is 50.5 Å². The number of anilines is 2. The number of likely N-dealkylation sites (N-methyl/N-ethyl adjacent to an activating group) is 1. The molecule has 0 spiro atoms. The molecule has 1 N–H and O–H groups in total. The largest absolute Gasteiger partial charge is 0.325 e. The number of hydrogen-bond acceptors (Lipinski definition) is 4. The molecule has 1 saturated heterocycles. The van der Waals surface area contributed by atoms with Gasteiger partial charge in [-0.2, -0.15) is 0 Å². The van der Waals surface area contributed by atoms with Gasteiger partial charge >= 0.3 is 0 Å². The minimum atomic E-state index is -0.0347. The van der Waals surface area contributed by atoms with E-state index in [9.17, 15) is 9.59 Å². The highest BCUT2D eigenvalue weighted by Crippen LogP contribution is 2.24. The highest BCUT2D eigenvalue weighted by atomic mass is 79.9. The summed E-state index contributed by atoms with van der Waals surface area (Å²) in [4.78, 5) is 29.3. The lowest BCUT2D eigenvalue weighted by atomic mass is 10.2. The Bertz CT molecular complexity index is 775. The van der Waals surface area contributed by atoms with Gasteiger partial charge in [0.05, 0.1) is 10.3 Å². The number of rotatable bonds is 7. The number of benzene rings is 1. The summed E-state index contributed by atoms with van der Waals surface area (Å²) >= 11 is 5.16. The number of nitrogens with one attached hydrogen (secondary N) is 1. The molecule has 0 saturated carbocycles. The minimum Gasteiger partial charge on any atom is -0.325 e. The average Bonchev–Trinajstić information content (AvgIpc) is 3.23. The SMILES string of the molecule is CCN(CC(=O)Nc1ccc(N2CCCC2=O)cc1)Cc1ccc(Br)s1. The van der Waals surface area contributed by atoms with Gasteiger partial charge in [0.1, 0.15) is 0 Å².